The molecule has 0 amide bonds. The summed E-state index contributed by atoms with van der Waals surface area (Å²) in [5.41, 5.74) is 1.48. The summed E-state index contributed by atoms with van der Waals surface area (Å²) in [4.78, 5) is 30.3. The third-order valence-corrected chi connectivity index (χ3v) is 5.02. The Balaban J connectivity index is 0.000000201. The smallest absolute Gasteiger partial charge is 0.335 e. The molecule has 10 nitrogen and oxygen atoms in total. The van der Waals surface area contributed by atoms with Crippen LogP contribution < -0.4 is 0 Å². The number of hydrogen-bond donors (Lipinski definition) is 2. The lowest BCUT2D eigenvalue weighted by Gasteiger charge is -2.10. The second-order valence-electron chi connectivity index (χ2n) is 9.06. The fraction of sp³-hybridized carbons (Fsp3) is 0.308. The molecule has 0 atom stereocenters. The molecule has 0 saturated carbocycles. The van der Waals surface area contributed by atoms with Crippen molar-refractivity contribution in [1.82, 2.24) is 20.3 Å². The minimum absolute atomic E-state index is 0.203. The zero-order valence-corrected chi connectivity index (χ0v) is 20.6. The largest absolute Gasteiger partial charge is 0.478 e. The lowest BCUT2D eigenvalue weighted by Crippen LogP contribution is -2.11. The molecule has 0 radical (unpaired) electrons. The van der Waals surface area contributed by atoms with Crippen LogP contribution in [0.1, 0.15) is 73.0 Å². The Hall–Kier alpha value is -4.34. The third-order valence-electron chi connectivity index (χ3n) is 5.02. The van der Waals surface area contributed by atoms with Crippen LogP contribution >= 0.6 is 0 Å². The number of carboxylic acids is 2. The van der Waals surface area contributed by atoms with Gasteiger partial charge in [-0.2, -0.15) is 9.97 Å². The molecule has 0 spiro atoms. The van der Waals surface area contributed by atoms with Crippen LogP contribution in [0.5, 0.6) is 0 Å². The number of aromatic carboxylic acids is 2. The van der Waals surface area contributed by atoms with Gasteiger partial charge in [0.25, 0.3) is 0 Å². The molecule has 0 aliphatic heterocycles. The summed E-state index contributed by atoms with van der Waals surface area (Å²) in [6, 6.07) is 13.0. The van der Waals surface area contributed by atoms with Gasteiger partial charge in [-0.1, -0.05) is 68.7 Å². The topological polar surface area (TPSA) is 152 Å². The van der Waals surface area contributed by atoms with Crippen LogP contribution in [0.25, 0.3) is 22.8 Å². The van der Waals surface area contributed by atoms with E-state index in [2.05, 4.69) is 27.2 Å². The number of carbonyl (C=O) groups is 2. The highest BCUT2D eigenvalue weighted by Gasteiger charge is 2.22. The maximum absolute atomic E-state index is 10.9. The maximum atomic E-state index is 10.9. The van der Waals surface area contributed by atoms with Crippen LogP contribution in [0.2, 0.25) is 0 Å². The third kappa shape index (κ3) is 6.84. The highest BCUT2D eigenvalue weighted by Crippen LogP contribution is 2.24. The molecule has 0 bridgehead atoms. The van der Waals surface area contributed by atoms with E-state index in [1.165, 1.54) is 24.3 Å². The molecule has 0 fully saturated rings. The van der Waals surface area contributed by atoms with Gasteiger partial charge in [0.15, 0.2) is 0 Å². The first-order chi connectivity index (χ1) is 17.1. The van der Waals surface area contributed by atoms with E-state index in [0.29, 0.717) is 34.6 Å². The first kappa shape index (κ1) is 26.3. The number of nitrogens with zero attached hydrogens (tertiary/aromatic N) is 4. The summed E-state index contributed by atoms with van der Waals surface area (Å²) in [5, 5.41) is 25.6. The number of hydrogen-bond acceptors (Lipinski definition) is 8. The molecule has 0 aliphatic rings. The van der Waals surface area contributed by atoms with Crippen molar-refractivity contribution in [3.8, 4) is 22.8 Å². The fourth-order valence-corrected chi connectivity index (χ4v) is 3.03. The van der Waals surface area contributed by atoms with Crippen molar-refractivity contribution in [2.45, 2.75) is 52.4 Å². The summed E-state index contributed by atoms with van der Waals surface area (Å²) in [6.45, 7) is 8.00. The molecule has 2 heterocycles. The number of carboxylic acid groups (broad SMARTS) is 2. The standard InChI is InChI=1S/2C13H14N2O3/c1-13(2,3)12-14-10(15-18-12)8-5-4-6-9(7-8)11(16)17;1-2-3-7-11-14-12(15-18-11)9-5-4-6-10(8-9)13(16)17/h4-7H,1-3H3,(H,16,17);4-6,8H,2-3,7H2,1H3,(H,16,17). The van der Waals surface area contributed by atoms with E-state index in [-0.39, 0.29) is 16.5 Å². The predicted octanol–water partition coefficient (Wildman–Crippen LogP) is 5.51. The molecular weight excluding hydrogens is 464 g/mol. The minimum atomic E-state index is -0.976. The Bertz CT molecular complexity index is 1340. The van der Waals surface area contributed by atoms with Gasteiger partial charge in [-0.3, -0.25) is 0 Å². The molecular formula is C26H28N4O6. The summed E-state index contributed by atoms with van der Waals surface area (Å²) in [5.74, 6) is 0.0148. The zero-order valence-electron chi connectivity index (χ0n) is 20.6. The van der Waals surface area contributed by atoms with Crippen molar-refractivity contribution in [2.24, 2.45) is 0 Å². The van der Waals surface area contributed by atoms with Crippen LogP contribution in [0.3, 0.4) is 0 Å². The maximum Gasteiger partial charge on any atom is 0.335 e. The average Bonchev–Trinajstić information content (AvgIpc) is 3.54. The van der Waals surface area contributed by atoms with E-state index in [9.17, 15) is 9.59 Å². The normalized spacial score (nSPS) is 11.0. The van der Waals surface area contributed by atoms with Crippen molar-refractivity contribution in [3.05, 3.63) is 71.4 Å². The molecule has 4 aromatic rings. The van der Waals surface area contributed by atoms with Crippen LogP contribution in [0.4, 0.5) is 0 Å². The van der Waals surface area contributed by atoms with Gasteiger partial charge in [-0.15, -0.1) is 0 Å². The number of rotatable bonds is 7. The fourth-order valence-electron chi connectivity index (χ4n) is 3.03. The van der Waals surface area contributed by atoms with Gasteiger partial charge >= 0.3 is 11.9 Å². The molecule has 0 aliphatic carbocycles. The first-order valence-corrected chi connectivity index (χ1v) is 11.4. The highest BCUT2D eigenvalue weighted by atomic mass is 16.5. The van der Waals surface area contributed by atoms with Crippen LogP contribution in [-0.4, -0.2) is 42.4 Å². The van der Waals surface area contributed by atoms with Crippen molar-refractivity contribution in [2.75, 3.05) is 0 Å². The van der Waals surface area contributed by atoms with Gasteiger partial charge in [-0.25, -0.2) is 9.59 Å². The Morgan fingerprint density at radius 2 is 1.36 bits per heavy atom. The van der Waals surface area contributed by atoms with Gasteiger partial charge < -0.3 is 19.3 Å². The molecule has 2 aromatic carbocycles. The van der Waals surface area contributed by atoms with E-state index in [0.717, 1.165) is 19.3 Å². The minimum Gasteiger partial charge on any atom is -0.478 e. The predicted molar refractivity (Wildman–Crippen MR) is 131 cm³/mol. The summed E-state index contributed by atoms with van der Waals surface area (Å²) < 4.78 is 10.3. The zero-order chi connectivity index (χ0) is 26.3. The average molecular weight is 493 g/mol. The van der Waals surface area contributed by atoms with Crippen molar-refractivity contribution >= 4 is 11.9 Å². The Kier molecular flexibility index (Phi) is 8.31. The Morgan fingerprint density at radius 3 is 1.83 bits per heavy atom. The number of unbranched alkanes of at least 4 members (excludes halogenated alkanes) is 1. The molecule has 0 saturated heterocycles. The van der Waals surface area contributed by atoms with E-state index >= 15 is 0 Å². The van der Waals surface area contributed by atoms with Gasteiger partial charge in [-0.05, 0) is 30.7 Å². The van der Waals surface area contributed by atoms with Gasteiger partial charge in [0.05, 0.1) is 11.1 Å². The van der Waals surface area contributed by atoms with Gasteiger partial charge in [0.2, 0.25) is 23.4 Å². The Morgan fingerprint density at radius 1 is 0.833 bits per heavy atom. The Labute approximate surface area is 208 Å². The van der Waals surface area contributed by atoms with Crippen molar-refractivity contribution in [1.29, 1.82) is 0 Å². The van der Waals surface area contributed by atoms with Crippen molar-refractivity contribution < 1.29 is 28.8 Å². The summed E-state index contributed by atoms with van der Waals surface area (Å²) in [7, 11) is 0. The van der Waals surface area contributed by atoms with Gasteiger partial charge in [0.1, 0.15) is 0 Å². The summed E-state index contributed by atoms with van der Waals surface area (Å²) >= 11 is 0. The quantitative estimate of drug-likeness (QED) is 0.337. The molecule has 36 heavy (non-hydrogen) atoms. The van der Waals surface area contributed by atoms with Crippen molar-refractivity contribution in [3.63, 3.8) is 0 Å². The van der Waals surface area contributed by atoms with Crippen LogP contribution in [-0.2, 0) is 11.8 Å². The van der Waals surface area contributed by atoms with Gasteiger partial charge in [0, 0.05) is 23.0 Å². The summed E-state index contributed by atoms with van der Waals surface area (Å²) in [6.07, 6.45) is 2.81. The van der Waals surface area contributed by atoms with E-state index in [1.54, 1.807) is 24.3 Å². The molecule has 2 N–H and O–H groups in total. The van der Waals surface area contributed by atoms with E-state index in [4.69, 9.17) is 19.3 Å². The molecule has 10 heteroatoms. The van der Waals surface area contributed by atoms with Crippen LogP contribution in [0.15, 0.2) is 57.6 Å². The lowest BCUT2D eigenvalue weighted by atomic mass is 9.97. The lowest BCUT2D eigenvalue weighted by molar-refractivity contribution is 0.0686. The molecule has 0 unspecified atom stereocenters. The molecule has 188 valence electrons. The second-order valence-corrected chi connectivity index (χ2v) is 9.06. The number of aryl methyl sites for hydroxylation is 1. The number of aromatic nitrogens is 4. The molecule has 2 aromatic heterocycles. The van der Waals surface area contributed by atoms with Crippen LogP contribution in [0, 0.1) is 0 Å². The van der Waals surface area contributed by atoms with E-state index in [1.807, 2.05) is 20.8 Å². The van der Waals surface area contributed by atoms with E-state index < -0.39 is 11.9 Å². The number of benzene rings is 2. The highest BCUT2D eigenvalue weighted by molar-refractivity contribution is 5.89. The molecule has 4 rings (SSSR count). The monoisotopic (exact) mass is 492 g/mol. The second kappa shape index (κ2) is 11.4. The SMILES string of the molecule is CC(C)(C)c1nc(-c2cccc(C(=O)O)c2)no1.CCCCc1nc(-c2cccc(C(=O)O)c2)no1. The first-order valence-electron chi connectivity index (χ1n) is 11.4.